The lowest BCUT2D eigenvalue weighted by molar-refractivity contribution is 0.0690. The van der Waals surface area contributed by atoms with Gasteiger partial charge in [0.15, 0.2) is 5.69 Å². The van der Waals surface area contributed by atoms with Gasteiger partial charge in [-0.15, -0.1) is 0 Å². The van der Waals surface area contributed by atoms with Crippen molar-refractivity contribution in [1.29, 1.82) is 0 Å². The normalized spacial score (nSPS) is 10.5. The van der Waals surface area contributed by atoms with Crippen molar-refractivity contribution in [3.05, 3.63) is 47.0 Å². The number of aromatic nitrogens is 2. The van der Waals surface area contributed by atoms with Crippen molar-refractivity contribution in [1.82, 2.24) is 9.55 Å². The Labute approximate surface area is 111 Å². The Hall–Kier alpha value is -2.30. The standard InChI is InChI=1S/C14H16N2O3/c1-9-13(14(17)18)15-12(16(9)2)8-10-4-6-11(19-3)7-5-10/h4-7H,8H2,1-3H3,(H,17,18). The molecule has 0 aliphatic carbocycles. The van der Waals surface area contributed by atoms with Gasteiger partial charge in [-0.25, -0.2) is 9.78 Å². The van der Waals surface area contributed by atoms with Gasteiger partial charge in [0.25, 0.3) is 0 Å². The summed E-state index contributed by atoms with van der Waals surface area (Å²) in [6, 6.07) is 7.65. The maximum absolute atomic E-state index is 11.0. The molecule has 5 nitrogen and oxygen atoms in total. The van der Waals surface area contributed by atoms with E-state index in [1.54, 1.807) is 14.0 Å². The van der Waals surface area contributed by atoms with Gasteiger partial charge in [-0.2, -0.15) is 0 Å². The molecule has 2 rings (SSSR count). The van der Waals surface area contributed by atoms with Gasteiger partial charge in [-0.3, -0.25) is 0 Å². The highest BCUT2D eigenvalue weighted by Crippen LogP contribution is 2.16. The lowest BCUT2D eigenvalue weighted by Gasteiger charge is -2.04. The summed E-state index contributed by atoms with van der Waals surface area (Å²) >= 11 is 0. The van der Waals surface area contributed by atoms with Gasteiger partial charge in [-0.1, -0.05) is 12.1 Å². The van der Waals surface area contributed by atoms with Gasteiger partial charge in [0.05, 0.1) is 7.11 Å². The molecule has 0 saturated heterocycles. The van der Waals surface area contributed by atoms with Crippen LogP contribution >= 0.6 is 0 Å². The number of rotatable bonds is 4. The molecule has 0 spiro atoms. The van der Waals surface area contributed by atoms with Gasteiger partial charge < -0.3 is 14.4 Å². The van der Waals surface area contributed by atoms with E-state index in [0.29, 0.717) is 12.1 Å². The zero-order chi connectivity index (χ0) is 14.0. The van der Waals surface area contributed by atoms with Crippen LogP contribution in [0.5, 0.6) is 5.75 Å². The molecule has 0 bridgehead atoms. The highest BCUT2D eigenvalue weighted by Gasteiger charge is 2.16. The molecule has 1 aromatic heterocycles. The number of nitrogens with zero attached hydrogens (tertiary/aromatic N) is 2. The first-order chi connectivity index (χ1) is 9.02. The Morgan fingerprint density at radius 3 is 2.47 bits per heavy atom. The maximum Gasteiger partial charge on any atom is 0.356 e. The van der Waals surface area contributed by atoms with Gasteiger partial charge >= 0.3 is 5.97 Å². The van der Waals surface area contributed by atoms with E-state index in [9.17, 15) is 4.79 Å². The number of carboxylic acids is 1. The summed E-state index contributed by atoms with van der Waals surface area (Å²) in [6.07, 6.45) is 0.592. The van der Waals surface area contributed by atoms with Gasteiger partial charge in [-0.05, 0) is 24.6 Å². The van der Waals surface area contributed by atoms with E-state index in [1.807, 2.05) is 35.9 Å². The first-order valence-electron chi connectivity index (χ1n) is 5.91. The van der Waals surface area contributed by atoms with Gasteiger partial charge in [0.2, 0.25) is 0 Å². The Balaban J connectivity index is 2.27. The molecule has 1 N–H and O–H groups in total. The SMILES string of the molecule is COc1ccc(Cc2nc(C(=O)O)c(C)n2C)cc1. The molecule has 2 aromatic rings. The fourth-order valence-corrected chi connectivity index (χ4v) is 1.92. The van der Waals surface area contributed by atoms with Gasteiger partial charge in [0.1, 0.15) is 11.6 Å². The molecule has 5 heteroatoms. The fraction of sp³-hybridized carbons (Fsp3) is 0.286. The predicted molar refractivity (Wildman–Crippen MR) is 70.7 cm³/mol. The molecule has 0 fully saturated rings. The Morgan fingerprint density at radius 2 is 2.00 bits per heavy atom. The summed E-state index contributed by atoms with van der Waals surface area (Å²) in [5.41, 5.74) is 1.84. The van der Waals surface area contributed by atoms with Crippen molar-refractivity contribution < 1.29 is 14.6 Å². The molecule has 0 radical (unpaired) electrons. The molecular weight excluding hydrogens is 244 g/mol. The minimum absolute atomic E-state index is 0.117. The van der Waals surface area contributed by atoms with E-state index < -0.39 is 5.97 Å². The molecule has 0 saturated carbocycles. The van der Waals surface area contributed by atoms with Crippen molar-refractivity contribution in [2.75, 3.05) is 7.11 Å². The molecule has 0 aliphatic rings. The second-order valence-corrected chi connectivity index (χ2v) is 4.35. The lowest BCUT2D eigenvalue weighted by Crippen LogP contribution is -2.01. The number of benzene rings is 1. The first kappa shape index (κ1) is 13.1. The zero-order valence-electron chi connectivity index (χ0n) is 11.2. The Bertz CT molecular complexity index is 600. The van der Waals surface area contributed by atoms with Crippen molar-refractivity contribution in [3.8, 4) is 5.75 Å². The van der Waals surface area contributed by atoms with Gasteiger partial charge in [0, 0.05) is 19.2 Å². The summed E-state index contributed by atoms with van der Waals surface area (Å²) in [7, 11) is 3.45. The van der Waals surface area contributed by atoms with Crippen LogP contribution in [0, 0.1) is 6.92 Å². The molecular formula is C14H16N2O3. The van der Waals surface area contributed by atoms with Crippen LogP contribution in [0.3, 0.4) is 0 Å². The summed E-state index contributed by atoms with van der Waals surface area (Å²) < 4.78 is 6.91. The molecule has 0 amide bonds. The molecule has 1 heterocycles. The quantitative estimate of drug-likeness (QED) is 0.913. The van der Waals surface area contributed by atoms with Crippen molar-refractivity contribution in [3.63, 3.8) is 0 Å². The number of imidazole rings is 1. The Morgan fingerprint density at radius 1 is 1.37 bits per heavy atom. The van der Waals surface area contributed by atoms with Crippen LogP contribution in [-0.2, 0) is 13.5 Å². The van der Waals surface area contributed by atoms with E-state index in [2.05, 4.69) is 4.98 Å². The average molecular weight is 260 g/mol. The third-order valence-electron chi connectivity index (χ3n) is 3.20. The van der Waals surface area contributed by atoms with Crippen molar-refractivity contribution in [2.45, 2.75) is 13.3 Å². The minimum Gasteiger partial charge on any atom is -0.497 e. The monoisotopic (exact) mass is 260 g/mol. The first-order valence-corrected chi connectivity index (χ1v) is 5.91. The van der Waals surface area contributed by atoms with Crippen LogP contribution in [0.1, 0.15) is 27.6 Å². The number of aromatic carboxylic acids is 1. The van der Waals surface area contributed by atoms with Crippen molar-refractivity contribution >= 4 is 5.97 Å². The number of carboxylic acid groups (broad SMARTS) is 1. The number of hydrogen-bond acceptors (Lipinski definition) is 3. The second-order valence-electron chi connectivity index (χ2n) is 4.35. The smallest absolute Gasteiger partial charge is 0.356 e. The van der Waals surface area contributed by atoms with E-state index in [1.165, 1.54) is 0 Å². The molecule has 100 valence electrons. The zero-order valence-corrected chi connectivity index (χ0v) is 11.2. The number of carbonyl (C=O) groups is 1. The number of methoxy groups -OCH3 is 1. The van der Waals surface area contributed by atoms with E-state index in [4.69, 9.17) is 9.84 Å². The van der Waals surface area contributed by atoms with Crippen molar-refractivity contribution in [2.24, 2.45) is 7.05 Å². The van der Waals surface area contributed by atoms with Crippen LogP contribution in [0.4, 0.5) is 0 Å². The molecule has 19 heavy (non-hydrogen) atoms. The third-order valence-corrected chi connectivity index (χ3v) is 3.20. The van der Waals surface area contributed by atoms with Crippen LogP contribution in [0.15, 0.2) is 24.3 Å². The Kier molecular flexibility index (Phi) is 3.55. The average Bonchev–Trinajstić information content (AvgIpc) is 2.68. The number of ether oxygens (including phenoxy) is 1. The van der Waals surface area contributed by atoms with Crippen LogP contribution in [0.2, 0.25) is 0 Å². The van der Waals surface area contributed by atoms with E-state index in [0.717, 1.165) is 17.1 Å². The fourth-order valence-electron chi connectivity index (χ4n) is 1.92. The maximum atomic E-state index is 11.0. The summed E-state index contributed by atoms with van der Waals surface area (Å²) in [5, 5.41) is 9.05. The minimum atomic E-state index is -0.992. The summed E-state index contributed by atoms with van der Waals surface area (Å²) in [5.74, 6) is 0.542. The molecule has 0 aliphatic heterocycles. The van der Waals surface area contributed by atoms with E-state index >= 15 is 0 Å². The van der Waals surface area contributed by atoms with E-state index in [-0.39, 0.29) is 5.69 Å². The largest absolute Gasteiger partial charge is 0.497 e. The highest BCUT2D eigenvalue weighted by molar-refractivity contribution is 5.86. The topological polar surface area (TPSA) is 64.3 Å². The predicted octanol–water partition coefficient (Wildman–Crippen LogP) is 2.03. The summed E-state index contributed by atoms with van der Waals surface area (Å²) in [4.78, 5) is 15.2. The number of hydrogen-bond donors (Lipinski definition) is 1. The molecule has 0 unspecified atom stereocenters. The summed E-state index contributed by atoms with van der Waals surface area (Å²) in [6.45, 7) is 1.76. The highest BCUT2D eigenvalue weighted by atomic mass is 16.5. The van der Waals surface area contributed by atoms with Crippen LogP contribution in [0.25, 0.3) is 0 Å². The molecule has 1 aromatic carbocycles. The third kappa shape index (κ3) is 2.59. The second kappa shape index (κ2) is 5.14. The van der Waals surface area contributed by atoms with Crippen LogP contribution in [-0.4, -0.2) is 27.7 Å². The molecule has 0 atom stereocenters. The lowest BCUT2D eigenvalue weighted by atomic mass is 10.1. The van der Waals surface area contributed by atoms with Crippen LogP contribution < -0.4 is 4.74 Å².